The van der Waals surface area contributed by atoms with Crippen LogP contribution in [0.2, 0.25) is 0 Å². The van der Waals surface area contributed by atoms with E-state index in [0.717, 1.165) is 10.6 Å². The van der Waals surface area contributed by atoms with Crippen molar-refractivity contribution in [2.45, 2.75) is 6.42 Å². The van der Waals surface area contributed by atoms with Crippen molar-refractivity contribution >= 4 is 16.5 Å². The molecule has 1 aromatic carbocycles. The maximum atomic E-state index is 9.24. The number of aromatic nitrogens is 2. The van der Waals surface area contributed by atoms with E-state index in [1.807, 2.05) is 6.07 Å². The molecule has 2 aromatic rings. The Morgan fingerprint density at radius 3 is 2.86 bits per heavy atom. The zero-order valence-corrected chi connectivity index (χ0v) is 8.16. The molecule has 0 radical (unpaired) electrons. The van der Waals surface area contributed by atoms with Crippen molar-refractivity contribution in [1.82, 2.24) is 10.2 Å². The largest absolute Gasteiger partial charge is 0.508 e. The maximum absolute atomic E-state index is 9.24. The van der Waals surface area contributed by atoms with Crippen LogP contribution in [0.5, 0.6) is 5.75 Å². The molecular weight excluding hydrogens is 198 g/mol. The molecule has 0 saturated carbocycles. The second-order valence-electron chi connectivity index (χ2n) is 2.88. The van der Waals surface area contributed by atoms with Crippen LogP contribution in [0.4, 0.5) is 5.13 Å². The minimum Gasteiger partial charge on any atom is -0.508 e. The number of nitrogens with zero attached hydrogens (tertiary/aromatic N) is 2. The first-order valence-corrected chi connectivity index (χ1v) is 4.91. The molecule has 0 bridgehead atoms. The molecule has 0 fully saturated rings. The van der Waals surface area contributed by atoms with Crippen LogP contribution in [-0.2, 0) is 6.42 Å². The molecular formula is C9H9N3OS. The number of hydrogen-bond acceptors (Lipinski definition) is 5. The molecule has 0 atom stereocenters. The van der Waals surface area contributed by atoms with E-state index in [0.29, 0.717) is 11.6 Å². The van der Waals surface area contributed by atoms with Crippen LogP contribution < -0.4 is 5.73 Å². The lowest BCUT2D eigenvalue weighted by Crippen LogP contribution is -1.86. The van der Waals surface area contributed by atoms with Crippen molar-refractivity contribution < 1.29 is 5.11 Å². The fourth-order valence-electron chi connectivity index (χ4n) is 1.18. The van der Waals surface area contributed by atoms with E-state index in [4.69, 9.17) is 5.73 Å². The Morgan fingerprint density at radius 2 is 2.21 bits per heavy atom. The zero-order chi connectivity index (χ0) is 9.97. The number of benzene rings is 1. The summed E-state index contributed by atoms with van der Waals surface area (Å²) in [6.45, 7) is 0. The Bertz CT molecular complexity index is 441. The quantitative estimate of drug-likeness (QED) is 0.781. The lowest BCUT2D eigenvalue weighted by Gasteiger charge is -1.97. The van der Waals surface area contributed by atoms with Gasteiger partial charge in [-0.1, -0.05) is 23.5 Å². The summed E-state index contributed by atoms with van der Waals surface area (Å²) in [5, 5.41) is 18.2. The number of nitrogen functional groups attached to an aromatic ring is 1. The molecule has 0 amide bonds. The predicted molar refractivity (Wildman–Crippen MR) is 55.2 cm³/mol. The third-order valence-corrected chi connectivity index (χ3v) is 2.50. The Morgan fingerprint density at radius 1 is 1.36 bits per heavy atom. The van der Waals surface area contributed by atoms with Crippen LogP contribution in [0.1, 0.15) is 10.6 Å². The summed E-state index contributed by atoms with van der Waals surface area (Å²) < 4.78 is 0. The summed E-state index contributed by atoms with van der Waals surface area (Å²) in [6.07, 6.45) is 0.656. The Labute approximate surface area is 85.0 Å². The first-order valence-electron chi connectivity index (χ1n) is 4.10. The minimum absolute atomic E-state index is 0.264. The van der Waals surface area contributed by atoms with Crippen molar-refractivity contribution in [2.75, 3.05) is 5.73 Å². The summed E-state index contributed by atoms with van der Waals surface area (Å²) in [7, 11) is 0. The molecule has 0 aliphatic carbocycles. The Kier molecular flexibility index (Phi) is 2.32. The molecule has 0 unspecified atom stereocenters. The molecule has 1 aromatic heterocycles. The number of phenols is 1. The smallest absolute Gasteiger partial charge is 0.203 e. The molecule has 0 spiro atoms. The van der Waals surface area contributed by atoms with Gasteiger partial charge < -0.3 is 10.8 Å². The van der Waals surface area contributed by atoms with Crippen molar-refractivity contribution in [2.24, 2.45) is 0 Å². The molecule has 4 nitrogen and oxygen atoms in total. The highest BCUT2D eigenvalue weighted by molar-refractivity contribution is 7.15. The van der Waals surface area contributed by atoms with E-state index in [9.17, 15) is 5.11 Å². The van der Waals surface area contributed by atoms with Gasteiger partial charge in [-0.3, -0.25) is 0 Å². The van der Waals surface area contributed by atoms with E-state index in [-0.39, 0.29) is 5.75 Å². The second kappa shape index (κ2) is 3.63. The van der Waals surface area contributed by atoms with Gasteiger partial charge in [-0.15, -0.1) is 10.2 Å². The zero-order valence-electron chi connectivity index (χ0n) is 7.34. The fraction of sp³-hybridized carbons (Fsp3) is 0.111. The van der Waals surface area contributed by atoms with Gasteiger partial charge in [-0.2, -0.15) is 0 Å². The number of nitrogens with two attached hydrogens (primary N) is 1. The lowest BCUT2D eigenvalue weighted by atomic mass is 10.1. The number of hydrogen-bond donors (Lipinski definition) is 2. The predicted octanol–water partition coefficient (Wildman–Crippen LogP) is 1.42. The van der Waals surface area contributed by atoms with Gasteiger partial charge in [0.05, 0.1) is 0 Å². The fourth-order valence-corrected chi connectivity index (χ4v) is 1.82. The molecule has 5 heteroatoms. The van der Waals surface area contributed by atoms with E-state index < -0.39 is 0 Å². The maximum Gasteiger partial charge on any atom is 0.203 e. The minimum atomic E-state index is 0.264. The van der Waals surface area contributed by atoms with Crippen molar-refractivity contribution in [1.29, 1.82) is 0 Å². The first kappa shape index (κ1) is 8.96. The molecule has 2 rings (SSSR count). The molecule has 0 aliphatic heterocycles. The van der Waals surface area contributed by atoms with Gasteiger partial charge >= 0.3 is 0 Å². The van der Waals surface area contributed by atoms with Crippen LogP contribution in [0.25, 0.3) is 0 Å². The van der Waals surface area contributed by atoms with Crippen molar-refractivity contribution in [3.63, 3.8) is 0 Å². The standard InChI is InChI=1S/C9H9N3OS/c10-9-12-11-8(14-9)5-6-2-1-3-7(13)4-6/h1-4,13H,5H2,(H2,10,12). The summed E-state index contributed by atoms with van der Waals surface area (Å²) in [6, 6.07) is 7.07. The number of anilines is 1. The summed E-state index contributed by atoms with van der Waals surface area (Å²) in [5.74, 6) is 0.264. The molecule has 72 valence electrons. The highest BCUT2D eigenvalue weighted by Gasteiger charge is 2.02. The van der Waals surface area contributed by atoms with Crippen LogP contribution in [-0.4, -0.2) is 15.3 Å². The summed E-state index contributed by atoms with van der Waals surface area (Å²) in [4.78, 5) is 0. The molecule has 0 saturated heterocycles. The highest BCUT2D eigenvalue weighted by Crippen LogP contribution is 2.18. The van der Waals surface area contributed by atoms with E-state index >= 15 is 0 Å². The van der Waals surface area contributed by atoms with Gasteiger partial charge in [0.2, 0.25) is 5.13 Å². The lowest BCUT2D eigenvalue weighted by molar-refractivity contribution is 0.474. The van der Waals surface area contributed by atoms with Gasteiger partial charge in [0.15, 0.2) is 0 Å². The molecule has 1 heterocycles. The highest BCUT2D eigenvalue weighted by atomic mass is 32.1. The van der Waals surface area contributed by atoms with E-state index in [1.165, 1.54) is 11.3 Å². The van der Waals surface area contributed by atoms with Gasteiger partial charge in [-0.25, -0.2) is 0 Å². The van der Waals surface area contributed by atoms with Crippen LogP contribution >= 0.6 is 11.3 Å². The average molecular weight is 207 g/mol. The number of rotatable bonds is 2. The molecule has 3 N–H and O–H groups in total. The van der Waals surface area contributed by atoms with E-state index in [1.54, 1.807) is 18.2 Å². The topological polar surface area (TPSA) is 72.0 Å². The number of phenolic OH excluding ortho intramolecular Hbond substituents is 1. The van der Waals surface area contributed by atoms with Gasteiger partial charge in [0.25, 0.3) is 0 Å². The summed E-state index contributed by atoms with van der Waals surface area (Å²) >= 11 is 1.36. The monoisotopic (exact) mass is 207 g/mol. The second-order valence-corrected chi connectivity index (χ2v) is 3.97. The third kappa shape index (κ3) is 2.00. The summed E-state index contributed by atoms with van der Waals surface area (Å²) in [5.41, 5.74) is 6.46. The normalized spacial score (nSPS) is 10.3. The van der Waals surface area contributed by atoms with Crippen molar-refractivity contribution in [3.05, 3.63) is 34.8 Å². The third-order valence-electron chi connectivity index (χ3n) is 1.75. The molecule has 14 heavy (non-hydrogen) atoms. The van der Waals surface area contributed by atoms with E-state index in [2.05, 4.69) is 10.2 Å². The van der Waals surface area contributed by atoms with Crippen LogP contribution in [0.3, 0.4) is 0 Å². The van der Waals surface area contributed by atoms with Crippen LogP contribution in [0.15, 0.2) is 24.3 Å². The van der Waals surface area contributed by atoms with Gasteiger partial charge in [-0.05, 0) is 17.7 Å². The Hall–Kier alpha value is -1.62. The SMILES string of the molecule is Nc1nnc(Cc2cccc(O)c2)s1. The average Bonchev–Trinajstić information content (AvgIpc) is 2.51. The Balaban J connectivity index is 2.18. The molecule has 0 aliphatic rings. The first-order chi connectivity index (χ1) is 6.74. The van der Waals surface area contributed by atoms with Gasteiger partial charge in [0, 0.05) is 6.42 Å². The number of aromatic hydroxyl groups is 1. The van der Waals surface area contributed by atoms with Crippen LogP contribution in [0, 0.1) is 0 Å². The van der Waals surface area contributed by atoms with Gasteiger partial charge in [0.1, 0.15) is 10.8 Å². The van der Waals surface area contributed by atoms with Crippen molar-refractivity contribution in [3.8, 4) is 5.75 Å².